The lowest BCUT2D eigenvalue weighted by Gasteiger charge is -2.04. The molecule has 1 N–H and O–H groups in total. The van der Waals surface area contributed by atoms with Gasteiger partial charge in [-0.1, -0.05) is 23.9 Å². The fourth-order valence-corrected chi connectivity index (χ4v) is 2.32. The van der Waals surface area contributed by atoms with E-state index in [0.717, 1.165) is 23.0 Å². The zero-order valence-electron chi connectivity index (χ0n) is 10.9. The number of non-ortho nitro benzene ring substituents is 1. The van der Waals surface area contributed by atoms with Crippen LogP contribution in [0, 0.1) is 10.1 Å². The predicted octanol–water partition coefficient (Wildman–Crippen LogP) is 1.00. The number of aromatic nitrogens is 4. The van der Waals surface area contributed by atoms with Gasteiger partial charge in [0.25, 0.3) is 5.69 Å². The fraction of sp³-hybridized carbons (Fsp3) is 0.364. The second-order valence-electron chi connectivity index (χ2n) is 4.04. The molecule has 0 aliphatic heterocycles. The number of hydrogen-bond acceptors (Lipinski definition) is 7. The van der Waals surface area contributed by atoms with Crippen LogP contribution in [0.25, 0.3) is 0 Å². The van der Waals surface area contributed by atoms with Crippen LogP contribution >= 0.6 is 11.8 Å². The topological polar surface area (TPSA) is 98.8 Å². The van der Waals surface area contributed by atoms with E-state index in [1.807, 2.05) is 6.07 Å². The molecular weight excluding hydrogens is 280 g/mol. The average Bonchev–Trinajstić information content (AvgIpc) is 2.84. The molecule has 9 heteroatoms. The molecule has 1 aromatic carbocycles. The Labute approximate surface area is 119 Å². The average molecular weight is 294 g/mol. The second kappa shape index (κ2) is 6.96. The maximum Gasteiger partial charge on any atom is 0.269 e. The summed E-state index contributed by atoms with van der Waals surface area (Å²) in [7, 11) is 1.79. The summed E-state index contributed by atoms with van der Waals surface area (Å²) in [5.74, 6) is 0.823. The van der Waals surface area contributed by atoms with Crippen LogP contribution in [0.5, 0.6) is 0 Å². The van der Waals surface area contributed by atoms with E-state index < -0.39 is 0 Å². The molecule has 0 aliphatic rings. The molecule has 0 unspecified atom stereocenters. The molecule has 1 aromatic heterocycles. The molecule has 0 radical (unpaired) electrons. The van der Waals surface area contributed by atoms with Crippen molar-refractivity contribution in [1.29, 1.82) is 0 Å². The molecule has 1 heterocycles. The largest absolute Gasteiger partial charge is 0.312 e. The molecule has 0 amide bonds. The number of nitro groups is 1. The predicted molar refractivity (Wildman–Crippen MR) is 74.3 cm³/mol. The van der Waals surface area contributed by atoms with Gasteiger partial charge in [-0.05, 0) is 16.0 Å². The van der Waals surface area contributed by atoms with Gasteiger partial charge in [-0.15, -0.1) is 5.10 Å². The third-order valence-corrected chi connectivity index (χ3v) is 3.55. The van der Waals surface area contributed by atoms with Crippen molar-refractivity contribution in [3.05, 3.63) is 39.9 Å². The van der Waals surface area contributed by atoms with Gasteiger partial charge in [-0.3, -0.25) is 10.1 Å². The minimum absolute atomic E-state index is 0.115. The molecule has 20 heavy (non-hydrogen) atoms. The van der Waals surface area contributed by atoms with E-state index in [0.29, 0.717) is 6.54 Å². The molecule has 8 nitrogen and oxygen atoms in total. The van der Waals surface area contributed by atoms with Gasteiger partial charge in [0.1, 0.15) is 0 Å². The van der Waals surface area contributed by atoms with Crippen molar-refractivity contribution in [3.8, 4) is 0 Å². The molecule has 2 rings (SSSR count). The van der Waals surface area contributed by atoms with Crippen molar-refractivity contribution in [2.24, 2.45) is 7.05 Å². The van der Waals surface area contributed by atoms with Crippen molar-refractivity contribution >= 4 is 17.4 Å². The molecule has 106 valence electrons. The molecule has 0 fully saturated rings. The van der Waals surface area contributed by atoms with Crippen LogP contribution in [-0.2, 0) is 13.6 Å². The number of benzene rings is 1. The van der Waals surface area contributed by atoms with Crippen LogP contribution < -0.4 is 5.32 Å². The number of nitrogens with zero attached hydrogens (tertiary/aromatic N) is 5. The Balaban J connectivity index is 1.72. The molecule has 0 atom stereocenters. The lowest BCUT2D eigenvalue weighted by Crippen LogP contribution is -2.16. The SMILES string of the molecule is Cn1nnnc1SCCNCc1cccc([N+](=O)[O-])c1. The standard InChI is InChI=1S/C11H14N6O2S/c1-16-11(13-14-15-16)20-6-5-12-8-9-3-2-4-10(7-9)17(18)19/h2-4,7,12H,5-6,8H2,1H3. The van der Waals surface area contributed by atoms with E-state index in [1.165, 1.54) is 6.07 Å². The summed E-state index contributed by atoms with van der Waals surface area (Å²) in [6.45, 7) is 1.36. The summed E-state index contributed by atoms with van der Waals surface area (Å²) in [6.07, 6.45) is 0. The van der Waals surface area contributed by atoms with Gasteiger partial charge in [0.15, 0.2) is 0 Å². The number of tetrazole rings is 1. The van der Waals surface area contributed by atoms with Crippen LogP contribution in [-0.4, -0.2) is 37.4 Å². The Bertz CT molecular complexity index is 588. The van der Waals surface area contributed by atoms with Crippen molar-refractivity contribution in [2.75, 3.05) is 12.3 Å². The van der Waals surface area contributed by atoms with Gasteiger partial charge in [-0.2, -0.15) is 0 Å². The first-order chi connectivity index (χ1) is 9.66. The van der Waals surface area contributed by atoms with Gasteiger partial charge in [0, 0.05) is 38.0 Å². The highest BCUT2D eigenvalue weighted by atomic mass is 32.2. The number of nitro benzene ring substituents is 1. The van der Waals surface area contributed by atoms with Gasteiger partial charge in [0.05, 0.1) is 4.92 Å². The number of hydrogen-bond donors (Lipinski definition) is 1. The highest BCUT2D eigenvalue weighted by Gasteiger charge is 2.05. The molecule has 0 bridgehead atoms. The van der Waals surface area contributed by atoms with Crippen molar-refractivity contribution in [2.45, 2.75) is 11.7 Å². The Morgan fingerprint density at radius 3 is 3.05 bits per heavy atom. The van der Waals surface area contributed by atoms with E-state index in [2.05, 4.69) is 20.8 Å². The fourth-order valence-electron chi connectivity index (χ4n) is 1.57. The van der Waals surface area contributed by atoms with E-state index in [4.69, 9.17) is 0 Å². The van der Waals surface area contributed by atoms with Crippen LogP contribution in [0.2, 0.25) is 0 Å². The smallest absolute Gasteiger partial charge is 0.269 e. The van der Waals surface area contributed by atoms with Crippen molar-refractivity contribution in [3.63, 3.8) is 0 Å². The number of thioether (sulfide) groups is 1. The molecule has 0 aliphatic carbocycles. The summed E-state index contributed by atoms with van der Waals surface area (Å²) in [4.78, 5) is 10.3. The summed E-state index contributed by atoms with van der Waals surface area (Å²) < 4.78 is 1.62. The third kappa shape index (κ3) is 4.00. The first kappa shape index (κ1) is 14.4. The van der Waals surface area contributed by atoms with Crippen LogP contribution in [0.15, 0.2) is 29.4 Å². The minimum atomic E-state index is -0.388. The zero-order valence-corrected chi connectivity index (χ0v) is 11.7. The molecule has 2 aromatic rings. The van der Waals surface area contributed by atoms with E-state index in [1.54, 1.807) is 35.6 Å². The summed E-state index contributed by atoms with van der Waals surface area (Å²) in [5.41, 5.74) is 1.01. The van der Waals surface area contributed by atoms with Crippen LogP contribution in [0.3, 0.4) is 0 Å². The minimum Gasteiger partial charge on any atom is -0.312 e. The van der Waals surface area contributed by atoms with Gasteiger partial charge >= 0.3 is 0 Å². The van der Waals surface area contributed by atoms with Gasteiger partial charge < -0.3 is 5.32 Å². The highest BCUT2D eigenvalue weighted by Crippen LogP contribution is 2.13. The molecule has 0 saturated carbocycles. The Hall–Kier alpha value is -2.00. The summed E-state index contributed by atoms with van der Waals surface area (Å²) >= 11 is 1.55. The normalized spacial score (nSPS) is 10.7. The number of rotatable bonds is 7. The second-order valence-corrected chi connectivity index (χ2v) is 5.10. The van der Waals surface area contributed by atoms with Gasteiger partial charge in [0.2, 0.25) is 5.16 Å². The molecule has 0 spiro atoms. The third-order valence-electron chi connectivity index (χ3n) is 2.54. The highest BCUT2D eigenvalue weighted by molar-refractivity contribution is 7.99. The van der Waals surface area contributed by atoms with Gasteiger partial charge in [-0.25, -0.2) is 4.68 Å². The van der Waals surface area contributed by atoms with Crippen molar-refractivity contribution in [1.82, 2.24) is 25.5 Å². The lowest BCUT2D eigenvalue weighted by atomic mass is 10.2. The first-order valence-electron chi connectivity index (χ1n) is 5.96. The van der Waals surface area contributed by atoms with E-state index in [-0.39, 0.29) is 10.6 Å². The van der Waals surface area contributed by atoms with E-state index >= 15 is 0 Å². The first-order valence-corrected chi connectivity index (χ1v) is 6.94. The summed E-state index contributed by atoms with van der Waals surface area (Å²) in [6, 6.07) is 6.61. The number of aryl methyl sites for hydroxylation is 1. The molecule has 0 saturated heterocycles. The molecular formula is C11H14N6O2S. The number of nitrogens with one attached hydrogen (secondary N) is 1. The monoisotopic (exact) mass is 294 g/mol. The van der Waals surface area contributed by atoms with E-state index in [9.17, 15) is 10.1 Å². The van der Waals surface area contributed by atoms with Crippen LogP contribution in [0.1, 0.15) is 5.56 Å². The van der Waals surface area contributed by atoms with Crippen molar-refractivity contribution < 1.29 is 4.92 Å². The maximum absolute atomic E-state index is 10.7. The Kier molecular flexibility index (Phi) is 5.02. The summed E-state index contributed by atoms with van der Waals surface area (Å²) in [5, 5.41) is 25.8. The Morgan fingerprint density at radius 2 is 2.35 bits per heavy atom. The quantitative estimate of drug-likeness (QED) is 0.352. The lowest BCUT2D eigenvalue weighted by molar-refractivity contribution is -0.384. The van der Waals surface area contributed by atoms with Crippen LogP contribution in [0.4, 0.5) is 5.69 Å². The maximum atomic E-state index is 10.7. The zero-order chi connectivity index (χ0) is 14.4. The Morgan fingerprint density at radius 1 is 1.50 bits per heavy atom.